The number of amides is 1. The molecule has 11 heteroatoms. The third-order valence-corrected chi connectivity index (χ3v) is 9.27. The molecule has 1 saturated heterocycles. The van der Waals surface area contributed by atoms with E-state index in [-0.39, 0.29) is 16.5 Å². The summed E-state index contributed by atoms with van der Waals surface area (Å²) in [5.74, 6) is -0.511. The van der Waals surface area contributed by atoms with E-state index < -0.39 is 17.7 Å². The molecule has 3 aromatic heterocycles. The number of Topliss-reactive ketones (excluding diaryl/α,β-unsaturated/α-hetero) is 1. The smallest absolute Gasteiger partial charge is 0.301 e. The summed E-state index contributed by atoms with van der Waals surface area (Å²) in [6.45, 7) is 4.45. The number of ether oxygens (including phenoxy) is 1. The van der Waals surface area contributed by atoms with Gasteiger partial charge in [0.05, 0.1) is 23.9 Å². The SMILES string of the molecule is CCCCOc1ccc(C2/C(=C(\O)c3c(C)nc4ccccn34)C(=O)C(=O)N2c2nnc(SCc3ccccc3)s2)cc1. The Kier molecular flexibility index (Phi) is 8.26. The third kappa shape index (κ3) is 5.65. The number of benzene rings is 2. The lowest BCUT2D eigenvalue weighted by Gasteiger charge is -2.22. The predicted octanol–water partition coefficient (Wildman–Crippen LogP) is 6.59. The number of hydrogen-bond acceptors (Lipinski definition) is 9. The zero-order valence-electron chi connectivity index (χ0n) is 23.6. The summed E-state index contributed by atoms with van der Waals surface area (Å²) in [6.07, 6.45) is 3.71. The van der Waals surface area contributed by atoms with Crippen LogP contribution in [0, 0.1) is 6.92 Å². The van der Waals surface area contributed by atoms with Crippen molar-refractivity contribution in [3.8, 4) is 5.75 Å². The maximum absolute atomic E-state index is 13.7. The Morgan fingerprint density at radius 2 is 1.79 bits per heavy atom. The van der Waals surface area contributed by atoms with Crippen LogP contribution in [-0.2, 0) is 15.3 Å². The number of aromatic nitrogens is 4. The molecule has 9 nitrogen and oxygen atoms in total. The molecule has 2 aromatic carbocycles. The highest BCUT2D eigenvalue weighted by Gasteiger charge is 2.49. The van der Waals surface area contributed by atoms with Crippen LogP contribution in [0.5, 0.6) is 5.75 Å². The first-order chi connectivity index (χ1) is 21.0. The summed E-state index contributed by atoms with van der Waals surface area (Å²) in [7, 11) is 0. The Morgan fingerprint density at radius 1 is 1.02 bits per heavy atom. The topological polar surface area (TPSA) is 110 Å². The van der Waals surface area contributed by atoms with Gasteiger partial charge in [-0.2, -0.15) is 0 Å². The van der Waals surface area contributed by atoms with E-state index in [0.717, 1.165) is 18.4 Å². The highest BCUT2D eigenvalue weighted by Crippen LogP contribution is 2.44. The lowest BCUT2D eigenvalue weighted by molar-refractivity contribution is -0.132. The molecule has 0 spiro atoms. The van der Waals surface area contributed by atoms with Gasteiger partial charge in [-0.05, 0) is 48.7 Å². The Bertz CT molecular complexity index is 1810. The van der Waals surface area contributed by atoms with Gasteiger partial charge >= 0.3 is 5.91 Å². The van der Waals surface area contributed by atoms with Gasteiger partial charge < -0.3 is 9.84 Å². The molecule has 6 rings (SSSR count). The number of rotatable bonds is 10. The predicted molar refractivity (Wildman–Crippen MR) is 167 cm³/mol. The summed E-state index contributed by atoms with van der Waals surface area (Å²) in [6, 6.07) is 21.8. The summed E-state index contributed by atoms with van der Waals surface area (Å²) in [4.78, 5) is 33.2. The van der Waals surface area contributed by atoms with Crippen LogP contribution >= 0.6 is 23.1 Å². The van der Waals surface area contributed by atoms with Gasteiger partial charge in [-0.1, -0.05) is 85.0 Å². The zero-order valence-corrected chi connectivity index (χ0v) is 25.3. The Morgan fingerprint density at radius 3 is 2.56 bits per heavy atom. The number of anilines is 1. The maximum Gasteiger partial charge on any atom is 0.301 e. The van der Waals surface area contributed by atoms with E-state index >= 15 is 0 Å². The minimum Gasteiger partial charge on any atom is -0.505 e. The first-order valence-electron chi connectivity index (χ1n) is 13.9. The van der Waals surface area contributed by atoms with Crippen molar-refractivity contribution in [2.75, 3.05) is 11.5 Å². The summed E-state index contributed by atoms with van der Waals surface area (Å²) in [5, 5.41) is 20.6. The average molecular weight is 612 g/mol. The molecule has 1 N–H and O–H groups in total. The number of ketones is 1. The highest BCUT2D eigenvalue weighted by atomic mass is 32.2. The van der Waals surface area contributed by atoms with Crippen LogP contribution in [0.2, 0.25) is 0 Å². The van der Waals surface area contributed by atoms with Gasteiger partial charge in [0, 0.05) is 11.9 Å². The fourth-order valence-electron chi connectivity index (χ4n) is 5.03. The monoisotopic (exact) mass is 611 g/mol. The second kappa shape index (κ2) is 12.4. The molecule has 0 saturated carbocycles. The van der Waals surface area contributed by atoms with Gasteiger partial charge in [-0.25, -0.2) is 4.98 Å². The first kappa shape index (κ1) is 28.6. The van der Waals surface area contributed by atoms with Crippen LogP contribution in [0.25, 0.3) is 11.4 Å². The number of aliphatic hydroxyl groups is 1. The number of carbonyl (C=O) groups is 2. The largest absolute Gasteiger partial charge is 0.505 e. The van der Waals surface area contributed by atoms with Crippen molar-refractivity contribution in [3.63, 3.8) is 0 Å². The normalized spacial score (nSPS) is 16.3. The van der Waals surface area contributed by atoms with Gasteiger partial charge in [0.25, 0.3) is 5.78 Å². The Balaban J connectivity index is 1.42. The van der Waals surface area contributed by atoms with Gasteiger partial charge in [0.1, 0.15) is 17.1 Å². The molecule has 1 fully saturated rings. The van der Waals surface area contributed by atoms with Crippen LogP contribution in [0.4, 0.5) is 5.13 Å². The molecular formula is C32H29N5O4S2. The number of fused-ring (bicyclic) bond motifs is 1. The second-order valence-electron chi connectivity index (χ2n) is 10.0. The van der Waals surface area contributed by atoms with Gasteiger partial charge in [-0.3, -0.25) is 18.9 Å². The molecular weight excluding hydrogens is 583 g/mol. The van der Waals surface area contributed by atoms with Crippen molar-refractivity contribution in [2.45, 2.75) is 42.8 Å². The highest BCUT2D eigenvalue weighted by molar-refractivity contribution is 8.00. The van der Waals surface area contributed by atoms with Crippen molar-refractivity contribution in [3.05, 3.63) is 107 Å². The van der Waals surface area contributed by atoms with Crippen molar-refractivity contribution >= 4 is 51.3 Å². The van der Waals surface area contributed by atoms with Crippen molar-refractivity contribution < 1.29 is 19.4 Å². The van der Waals surface area contributed by atoms with Crippen LogP contribution in [-0.4, -0.2) is 43.0 Å². The molecule has 0 radical (unpaired) electrons. The van der Waals surface area contributed by atoms with Gasteiger partial charge in [-0.15, -0.1) is 10.2 Å². The van der Waals surface area contributed by atoms with E-state index in [1.165, 1.54) is 28.0 Å². The number of pyridine rings is 1. The number of aryl methyl sites for hydroxylation is 1. The van der Waals surface area contributed by atoms with Crippen molar-refractivity contribution in [1.29, 1.82) is 0 Å². The summed E-state index contributed by atoms with van der Waals surface area (Å²) in [5.41, 5.74) is 3.23. The molecule has 1 amide bonds. The molecule has 1 atom stereocenters. The maximum atomic E-state index is 13.7. The number of aliphatic hydroxyl groups excluding tert-OH is 1. The minimum absolute atomic E-state index is 0.0351. The number of unbranched alkanes of at least 4 members (excludes halogenated alkanes) is 1. The van der Waals surface area contributed by atoms with E-state index in [4.69, 9.17) is 4.74 Å². The van der Waals surface area contributed by atoms with Crippen molar-refractivity contribution in [2.24, 2.45) is 0 Å². The van der Waals surface area contributed by atoms with Gasteiger partial charge in [0.15, 0.2) is 10.1 Å². The van der Waals surface area contributed by atoms with E-state index in [1.807, 2.05) is 72.8 Å². The number of carbonyl (C=O) groups excluding carboxylic acids is 2. The van der Waals surface area contributed by atoms with Gasteiger partial charge in [0.2, 0.25) is 5.13 Å². The summed E-state index contributed by atoms with van der Waals surface area (Å²) < 4.78 is 8.21. The molecule has 4 heterocycles. The van der Waals surface area contributed by atoms with E-state index in [9.17, 15) is 14.7 Å². The number of imidazole rings is 1. The van der Waals surface area contributed by atoms with E-state index in [0.29, 0.717) is 45.0 Å². The van der Waals surface area contributed by atoms with Crippen LogP contribution in [0.3, 0.4) is 0 Å². The number of thioether (sulfide) groups is 1. The number of nitrogens with zero attached hydrogens (tertiary/aromatic N) is 5. The molecule has 5 aromatic rings. The fourth-order valence-corrected chi connectivity index (χ4v) is 6.85. The molecule has 1 aliphatic rings. The lowest BCUT2D eigenvalue weighted by Crippen LogP contribution is -2.29. The molecule has 0 bridgehead atoms. The minimum atomic E-state index is -0.932. The quantitative estimate of drug-likeness (QED) is 0.0470. The Labute approximate surface area is 256 Å². The average Bonchev–Trinajstić information content (AvgIpc) is 3.70. The number of hydrogen-bond donors (Lipinski definition) is 1. The third-order valence-electron chi connectivity index (χ3n) is 7.14. The molecule has 1 unspecified atom stereocenters. The Hall–Kier alpha value is -4.48. The lowest BCUT2D eigenvalue weighted by atomic mass is 9.96. The first-order valence-corrected chi connectivity index (χ1v) is 15.7. The van der Waals surface area contributed by atoms with E-state index in [2.05, 4.69) is 22.1 Å². The summed E-state index contributed by atoms with van der Waals surface area (Å²) >= 11 is 2.74. The second-order valence-corrected chi connectivity index (χ2v) is 12.2. The van der Waals surface area contributed by atoms with Crippen LogP contribution in [0.15, 0.2) is 88.9 Å². The van der Waals surface area contributed by atoms with Crippen LogP contribution in [0.1, 0.15) is 48.3 Å². The molecule has 1 aliphatic heterocycles. The van der Waals surface area contributed by atoms with E-state index in [1.54, 1.807) is 17.5 Å². The molecule has 0 aliphatic carbocycles. The standard InChI is InChI=1S/C32H29N5O4S2/c1-3-4-18-41-23-15-13-22(14-16-23)27-25(28(38)26-20(2)33-24-12-8-9-17-36(24)26)29(39)30(40)37(27)31-34-35-32(43-31)42-19-21-10-6-5-7-11-21/h5-17,27,38H,3-4,18-19H2,1-2H3/b28-25+. The fraction of sp³-hybridized carbons (Fsp3) is 0.219. The zero-order chi connectivity index (χ0) is 29.9. The molecule has 218 valence electrons. The van der Waals surface area contributed by atoms with Crippen molar-refractivity contribution in [1.82, 2.24) is 19.6 Å². The van der Waals surface area contributed by atoms with Crippen LogP contribution < -0.4 is 9.64 Å². The molecule has 43 heavy (non-hydrogen) atoms.